The smallest absolute Gasteiger partial charge is 0.271 e. The Morgan fingerprint density at radius 1 is 1.11 bits per heavy atom. The number of nitrogens with zero attached hydrogens (tertiary/aromatic N) is 6. The maximum Gasteiger partial charge on any atom is 0.271 e. The number of carbonyl (C=O) groups excluding carboxylic acids is 2. The molecule has 44 heavy (non-hydrogen) atoms. The van der Waals surface area contributed by atoms with Gasteiger partial charge in [0.05, 0.1) is 11.9 Å². The van der Waals surface area contributed by atoms with E-state index in [4.69, 9.17) is 16.3 Å². The molecular formula is C31H45ClN8O3Si. The molecule has 0 aliphatic heterocycles. The van der Waals surface area contributed by atoms with Crippen molar-refractivity contribution in [3.8, 4) is 11.1 Å². The van der Waals surface area contributed by atoms with Gasteiger partial charge in [0.2, 0.25) is 5.91 Å². The van der Waals surface area contributed by atoms with Gasteiger partial charge in [-0.2, -0.15) is 5.10 Å². The lowest BCUT2D eigenvalue weighted by Crippen LogP contribution is -2.50. The second kappa shape index (κ2) is 13.1. The molecular weight excluding hydrogens is 596 g/mol. The number of amides is 2. The van der Waals surface area contributed by atoms with Gasteiger partial charge in [0, 0.05) is 37.5 Å². The highest BCUT2D eigenvalue weighted by Crippen LogP contribution is 2.51. The molecule has 2 aliphatic carbocycles. The molecule has 2 amide bonds. The van der Waals surface area contributed by atoms with Crippen LogP contribution in [0, 0.1) is 31.6 Å². The first kappa shape index (κ1) is 32.3. The first-order valence-corrected chi connectivity index (χ1v) is 19.7. The van der Waals surface area contributed by atoms with Crippen LogP contribution >= 0.6 is 11.6 Å². The van der Waals surface area contributed by atoms with Crippen molar-refractivity contribution in [2.45, 2.75) is 97.9 Å². The van der Waals surface area contributed by atoms with Gasteiger partial charge >= 0.3 is 0 Å². The highest BCUT2D eigenvalue weighted by molar-refractivity contribution is 6.76. The number of anilines is 1. The van der Waals surface area contributed by atoms with Crippen LogP contribution in [0.4, 0.5) is 5.82 Å². The average molecular weight is 641 g/mol. The molecule has 0 unspecified atom stereocenters. The number of nitrogens with one attached hydrogen (secondary N) is 2. The molecule has 1 atom stereocenters. The Bertz CT molecular complexity index is 1490. The van der Waals surface area contributed by atoms with Gasteiger partial charge in [0.15, 0.2) is 0 Å². The van der Waals surface area contributed by atoms with Crippen molar-refractivity contribution in [1.82, 2.24) is 35.1 Å². The van der Waals surface area contributed by atoms with Crippen LogP contribution in [0.5, 0.6) is 0 Å². The van der Waals surface area contributed by atoms with Crippen molar-refractivity contribution >= 4 is 37.3 Å². The number of aryl methyl sites for hydroxylation is 1. The molecule has 5 rings (SSSR count). The fourth-order valence-electron chi connectivity index (χ4n) is 5.87. The van der Waals surface area contributed by atoms with Crippen LogP contribution in [0.2, 0.25) is 30.8 Å². The third-order valence-electron chi connectivity index (χ3n) is 8.54. The van der Waals surface area contributed by atoms with Gasteiger partial charge in [-0.1, -0.05) is 36.5 Å². The second-order valence-corrected chi connectivity index (χ2v) is 19.8. The number of pyridine rings is 1. The number of hydrogen-bond acceptors (Lipinski definition) is 7. The van der Waals surface area contributed by atoms with Crippen molar-refractivity contribution < 1.29 is 14.3 Å². The van der Waals surface area contributed by atoms with Crippen molar-refractivity contribution in [3.63, 3.8) is 0 Å². The summed E-state index contributed by atoms with van der Waals surface area (Å²) in [6.07, 6.45) is 5.72. The summed E-state index contributed by atoms with van der Waals surface area (Å²) in [7, 11) is -1.18. The Hall–Kier alpha value is -3.09. The number of halogens is 1. The molecule has 0 radical (unpaired) electrons. The third-order valence-corrected chi connectivity index (χ3v) is 10.5. The van der Waals surface area contributed by atoms with Crippen molar-refractivity contribution in [2.24, 2.45) is 17.8 Å². The molecule has 0 bridgehead atoms. The lowest BCUT2D eigenvalue weighted by Gasteiger charge is -2.27. The molecule has 2 fully saturated rings. The van der Waals surface area contributed by atoms with Crippen molar-refractivity contribution in [3.05, 3.63) is 40.6 Å². The molecule has 2 saturated carbocycles. The Labute approximate surface area is 265 Å². The van der Waals surface area contributed by atoms with Gasteiger partial charge in [-0.3, -0.25) is 9.59 Å². The fourth-order valence-corrected chi connectivity index (χ4v) is 6.87. The molecule has 238 valence electrons. The maximum absolute atomic E-state index is 13.8. The molecule has 3 aromatic rings. The zero-order valence-corrected chi connectivity index (χ0v) is 28.6. The van der Waals surface area contributed by atoms with E-state index in [9.17, 15) is 9.59 Å². The van der Waals surface area contributed by atoms with Gasteiger partial charge in [-0.15, -0.1) is 5.10 Å². The summed E-state index contributed by atoms with van der Waals surface area (Å²) in [5.41, 5.74) is 3.73. The van der Waals surface area contributed by atoms with Gasteiger partial charge < -0.3 is 15.4 Å². The van der Waals surface area contributed by atoms with Crippen LogP contribution in [0.25, 0.3) is 11.1 Å². The molecule has 2 N–H and O–H groups in total. The summed E-state index contributed by atoms with van der Waals surface area (Å²) in [6, 6.07) is 3.95. The lowest BCUT2D eigenvalue weighted by molar-refractivity contribution is -0.119. The maximum atomic E-state index is 13.8. The first-order chi connectivity index (χ1) is 20.8. The summed E-state index contributed by atoms with van der Waals surface area (Å²) in [4.78, 5) is 31.8. The van der Waals surface area contributed by atoms with E-state index in [1.165, 1.54) is 6.20 Å². The van der Waals surface area contributed by atoms with E-state index < -0.39 is 14.1 Å². The highest BCUT2D eigenvalue weighted by Gasteiger charge is 2.48. The third kappa shape index (κ3) is 7.58. The van der Waals surface area contributed by atoms with Gasteiger partial charge in [-0.25, -0.2) is 14.3 Å². The first-order valence-electron chi connectivity index (χ1n) is 15.6. The molecule has 2 aliphatic rings. The zero-order chi connectivity index (χ0) is 31.8. The zero-order valence-electron chi connectivity index (χ0n) is 26.9. The van der Waals surface area contributed by atoms with Crippen LogP contribution in [0.15, 0.2) is 18.3 Å². The Balaban J connectivity index is 1.32. The van der Waals surface area contributed by atoms with E-state index in [0.717, 1.165) is 54.2 Å². The quantitative estimate of drug-likeness (QED) is 0.128. The predicted molar refractivity (Wildman–Crippen MR) is 173 cm³/mol. The van der Waals surface area contributed by atoms with E-state index in [0.29, 0.717) is 36.7 Å². The Morgan fingerprint density at radius 3 is 2.39 bits per heavy atom. The largest absolute Gasteiger partial charge is 0.360 e. The molecule has 0 aromatic carbocycles. The minimum absolute atomic E-state index is 0.0417. The van der Waals surface area contributed by atoms with Crippen LogP contribution < -0.4 is 10.6 Å². The van der Waals surface area contributed by atoms with Crippen molar-refractivity contribution in [1.29, 1.82) is 0 Å². The summed E-state index contributed by atoms with van der Waals surface area (Å²) in [6.45, 7) is 15.9. The molecule has 11 nitrogen and oxygen atoms in total. The summed E-state index contributed by atoms with van der Waals surface area (Å²) in [5.74, 6) is 0.600. The van der Waals surface area contributed by atoms with E-state index in [1.807, 2.05) is 38.4 Å². The number of carbonyl (C=O) groups is 2. The van der Waals surface area contributed by atoms with E-state index in [-0.39, 0.29) is 28.9 Å². The number of aromatic nitrogens is 6. The van der Waals surface area contributed by atoms with Gasteiger partial charge in [-0.05, 0) is 89.3 Å². The van der Waals surface area contributed by atoms with Crippen LogP contribution in [0.1, 0.15) is 67.4 Å². The van der Waals surface area contributed by atoms with E-state index in [2.05, 4.69) is 50.7 Å². The van der Waals surface area contributed by atoms with Crippen LogP contribution in [0.3, 0.4) is 0 Å². The minimum atomic E-state index is -1.18. The summed E-state index contributed by atoms with van der Waals surface area (Å²) in [5, 5.41) is 18.9. The SMILES string of the molecule is Cc1nn(COCC[Si](C)(C)C)c(C)c1-c1ccc(NC(=O)[C@@H](NC(=O)c2cnnn2C(C)C)C(C2CC2)C2CC2)nc1Cl. The number of hydrogen-bond donors (Lipinski definition) is 2. The van der Waals surface area contributed by atoms with Crippen LogP contribution in [-0.4, -0.2) is 62.3 Å². The molecule has 0 spiro atoms. The normalized spacial score (nSPS) is 16.0. The van der Waals surface area contributed by atoms with Gasteiger partial charge in [0.25, 0.3) is 5.91 Å². The van der Waals surface area contributed by atoms with Gasteiger partial charge in [0.1, 0.15) is 29.4 Å². The molecule has 0 saturated heterocycles. The topological polar surface area (TPSA) is 129 Å². The lowest BCUT2D eigenvalue weighted by atomic mass is 9.88. The minimum Gasteiger partial charge on any atom is -0.360 e. The van der Waals surface area contributed by atoms with Crippen LogP contribution in [-0.2, 0) is 16.3 Å². The van der Waals surface area contributed by atoms with E-state index >= 15 is 0 Å². The molecule has 3 heterocycles. The second-order valence-electron chi connectivity index (χ2n) is 13.8. The Kier molecular flexibility index (Phi) is 9.62. The summed E-state index contributed by atoms with van der Waals surface area (Å²) >= 11 is 6.73. The monoisotopic (exact) mass is 640 g/mol. The van der Waals surface area contributed by atoms with E-state index in [1.54, 1.807) is 10.7 Å². The highest BCUT2D eigenvalue weighted by atomic mass is 35.5. The number of ether oxygens (including phenoxy) is 1. The summed E-state index contributed by atoms with van der Waals surface area (Å²) < 4.78 is 9.35. The average Bonchev–Trinajstić information content (AvgIpc) is 3.88. The predicted octanol–water partition coefficient (Wildman–Crippen LogP) is 5.87. The standard InChI is InChI=1S/C31H45ClN8O3Si/c1-18(2)40-24(16-33-38-40)30(41)36-28(27(21-8-9-21)22-10-11-22)31(42)35-25-13-12-23(29(32)34-25)26-19(3)37-39(20(26)4)17-43-14-15-44(5,6)7/h12-13,16,18,21-22,27-28H,8-11,14-15,17H2,1-7H3,(H,36,41)(H,34,35,42)/t28-/m0/s1. The molecule has 3 aromatic heterocycles. The Morgan fingerprint density at radius 2 is 1.80 bits per heavy atom. The molecule has 13 heteroatoms. The number of rotatable bonds is 14. The van der Waals surface area contributed by atoms with Crippen molar-refractivity contribution in [2.75, 3.05) is 11.9 Å². The fraction of sp³-hybridized carbons (Fsp3) is 0.613.